The van der Waals surface area contributed by atoms with Crippen LogP contribution in [0.5, 0.6) is 11.5 Å². The van der Waals surface area contributed by atoms with Crippen LogP contribution in [-0.4, -0.2) is 37.0 Å². The zero-order valence-corrected chi connectivity index (χ0v) is 15.1. The van der Waals surface area contributed by atoms with E-state index in [1.54, 1.807) is 31.2 Å². The summed E-state index contributed by atoms with van der Waals surface area (Å²) in [5.41, 5.74) is 1.06. The Bertz CT molecular complexity index is 930. The number of hydrogen-bond acceptors (Lipinski definition) is 6. The first-order chi connectivity index (χ1) is 13.0. The van der Waals surface area contributed by atoms with Crippen LogP contribution in [0.4, 0.5) is 4.79 Å². The molecule has 1 aliphatic heterocycles. The fourth-order valence-electron chi connectivity index (χ4n) is 2.85. The Kier molecular flexibility index (Phi) is 4.98. The minimum Gasteiger partial charge on any atom is -0.496 e. The van der Waals surface area contributed by atoms with Gasteiger partial charge >= 0.3 is 6.03 Å². The SMILES string of the molecule is COc1ccc(C=C2C(=O)NC(=O)N(Cc3ccco3)C2=O)c(OC)c1C. The molecule has 1 aliphatic rings. The first-order valence-corrected chi connectivity index (χ1v) is 8.09. The van der Waals surface area contributed by atoms with Gasteiger partial charge in [0, 0.05) is 11.1 Å². The first kappa shape index (κ1) is 18.2. The monoisotopic (exact) mass is 370 g/mol. The fraction of sp³-hybridized carbons (Fsp3) is 0.211. The molecular formula is C19H18N2O6. The maximum atomic E-state index is 12.8. The van der Waals surface area contributed by atoms with E-state index in [0.717, 1.165) is 10.5 Å². The average Bonchev–Trinajstić information content (AvgIpc) is 3.15. The Morgan fingerprint density at radius 1 is 1.15 bits per heavy atom. The molecule has 8 heteroatoms. The lowest BCUT2D eigenvalue weighted by Gasteiger charge is -2.25. The number of methoxy groups -OCH3 is 2. The summed E-state index contributed by atoms with van der Waals surface area (Å²) in [6.45, 7) is 1.72. The van der Waals surface area contributed by atoms with Crippen LogP contribution in [0.1, 0.15) is 16.9 Å². The fourth-order valence-corrected chi connectivity index (χ4v) is 2.85. The number of nitrogens with one attached hydrogen (secondary N) is 1. The third-order valence-electron chi connectivity index (χ3n) is 4.19. The molecule has 140 valence electrons. The van der Waals surface area contributed by atoms with Gasteiger partial charge in [-0.1, -0.05) is 0 Å². The molecule has 4 amide bonds. The number of rotatable bonds is 5. The first-order valence-electron chi connectivity index (χ1n) is 8.09. The average molecular weight is 370 g/mol. The number of ether oxygens (including phenoxy) is 2. The van der Waals surface area contributed by atoms with Crippen LogP contribution >= 0.6 is 0 Å². The summed E-state index contributed by atoms with van der Waals surface area (Å²) >= 11 is 0. The smallest absolute Gasteiger partial charge is 0.331 e. The van der Waals surface area contributed by atoms with Crippen LogP contribution in [0.15, 0.2) is 40.5 Å². The van der Waals surface area contributed by atoms with Gasteiger partial charge < -0.3 is 13.9 Å². The number of carbonyl (C=O) groups is 3. The molecule has 0 saturated carbocycles. The second-order valence-electron chi connectivity index (χ2n) is 5.80. The topological polar surface area (TPSA) is 98.1 Å². The van der Waals surface area contributed by atoms with Gasteiger partial charge in [0.05, 0.1) is 27.0 Å². The molecule has 8 nitrogen and oxygen atoms in total. The van der Waals surface area contributed by atoms with Crippen LogP contribution in [-0.2, 0) is 16.1 Å². The molecule has 0 bridgehead atoms. The van der Waals surface area contributed by atoms with Gasteiger partial charge in [-0.25, -0.2) is 4.79 Å². The van der Waals surface area contributed by atoms with Gasteiger partial charge in [0.15, 0.2) is 0 Å². The Balaban J connectivity index is 1.99. The van der Waals surface area contributed by atoms with E-state index in [1.165, 1.54) is 26.6 Å². The number of nitrogens with zero attached hydrogens (tertiary/aromatic N) is 1. The summed E-state index contributed by atoms with van der Waals surface area (Å²) in [4.78, 5) is 38.0. The summed E-state index contributed by atoms with van der Waals surface area (Å²) in [7, 11) is 3.02. The summed E-state index contributed by atoms with van der Waals surface area (Å²) in [5.74, 6) is 0.0249. The lowest BCUT2D eigenvalue weighted by atomic mass is 10.0. The van der Waals surface area contributed by atoms with Crippen molar-refractivity contribution in [2.24, 2.45) is 0 Å². The van der Waals surface area contributed by atoms with E-state index in [2.05, 4.69) is 5.32 Å². The van der Waals surface area contributed by atoms with Gasteiger partial charge in [-0.3, -0.25) is 19.8 Å². The summed E-state index contributed by atoms with van der Waals surface area (Å²) < 4.78 is 15.8. The van der Waals surface area contributed by atoms with E-state index in [9.17, 15) is 14.4 Å². The minimum absolute atomic E-state index is 0.0823. The summed E-state index contributed by atoms with van der Waals surface area (Å²) in [6, 6.07) is 5.87. The third kappa shape index (κ3) is 3.41. The quantitative estimate of drug-likeness (QED) is 0.640. The largest absolute Gasteiger partial charge is 0.496 e. The number of imide groups is 2. The number of furan rings is 1. The van der Waals surface area contributed by atoms with Crippen molar-refractivity contribution in [2.75, 3.05) is 14.2 Å². The molecule has 0 aliphatic carbocycles. The van der Waals surface area contributed by atoms with E-state index in [-0.39, 0.29) is 12.1 Å². The van der Waals surface area contributed by atoms with E-state index in [0.29, 0.717) is 22.8 Å². The van der Waals surface area contributed by atoms with E-state index in [1.807, 2.05) is 0 Å². The molecule has 3 rings (SSSR count). The van der Waals surface area contributed by atoms with Gasteiger partial charge in [0.1, 0.15) is 22.8 Å². The molecule has 0 spiro atoms. The number of carbonyl (C=O) groups excluding carboxylic acids is 3. The van der Waals surface area contributed by atoms with Gasteiger partial charge in [-0.2, -0.15) is 0 Å². The predicted molar refractivity (Wildman–Crippen MR) is 95.1 cm³/mol. The van der Waals surface area contributed by atoms with E-state index < -0.39 is 17.8 Å². The standard InChI is InChI=1S/C19H18N2O6/c1-11-15(25-2)7-6-12(16(11)26-3)9-14-17(22)20-19(24)21(18(14)23)10-13-5-4-8-27-13/h4-9H,10H2,1-3H3,(H,20,22,24). The molecule has 0 unspecified atom stereocenters. The Morgan fingerprint density at radius 2 is 1.93 bits per heavy atom. The second kappa shape index (κ2) is 7.36. The number of amides is 4. The lowest BCUT2D eigenvalue weighted by molar-refractivity contribution is -0.130. The van der Waals surface area contributed by atoms with Crippen molar-refractivity contribution in [2.45, 2.75) is 13.5 Å². The van der Waals surface area contributed by atoms with Gasteiger partial charge in [0.2, 0.25) is 0 Å². The lowest BCUT2D eigenvalue weighted by Crippen LogP contribution is -2.53. The van der Waals surface area contributed by atoms with Crippen LogP contribution < -0.4 is 14.8 Å². The van der Waals surface area contributed by atoms with Crippen LogP contribution in [0, 0.1) is 6.92 Å². The summed E-state index contributed by atoms with van der Waals surface area (Å²) in [5, 5.41) is 2.17. The molecule has 1 aromatic carbocycles. The minimum atomic E-state index is -0.795. The van der Waals surface area contributed by atoms with Crippen molar-refractivity contribution in [1.29, 1.82) is 0 Å². The van der Waals surface area contributed by atoms with Gasteiger partial charge in [-0.15, -0.1) is 0 Å². The Morgan fingerprint density at radius 3 is 2.56 bits per heavy atom. The molecule has 2 heterocycles. The predicted octanol–water partition coefficient (Wildman–Crippen LogP) is 2.27. The molecule has 0 atom stereocenters. The highest BCUT2D eigenvalue weighted by Crippen LogP contribution is 2.33. The number of barbiturate groups is 1. The highest BCUT2D eigenvalue weighted by molar-refractivity contribution is 6.31. The zero-order chi connectivity index (χ0) is 19.6. The highest BCUT2D eigenvalue weighted by atomic mass is 16.5. The van der Waals surface area contributed by atoms with Crippen molar-refractivity contribution in [1.82, 2.24) is 10.2 Å². The maximum Gasteiger partial charge on any atom is 0.331 e. The van der Waals surface area contributed by atoms with Crippen molar-refractivity contribution in [3.05, 3.63) is 53.0 Å². The number of benzene rings is 1. The number of urea groups is 1. The van der Waals surface area contributed by atoms with Crippen LogP contribution in [0.3, 0.4) is 0 Å². The third-order valence-corrected chi connectivity index (χ3v) is 4.19. The molecule has 0 radical (unpaired) electrons. The Labute approximate surface area is 155 Å². The van der Waals surface area contributed by atoms with Crippen molar-refractivity contribution >= 4 is 23.9 Å². The van der Waals surface area contributed by atoms with E-state index >= 15 is 0 Å². The van der Waals surface area contributed by atoms with Gasteiger partial charge in [-0.05, 0) is 37.3 Å². The molecular weight excluding hydrogens is 352 g/mol. The molecule has 27 heavy (non-hydrogen) atoms. The summed E-state index contributed by atoms with van der Waals surface area (Å²) in [6.07, 6.45) is 2.83. The number of hydrogen-bond donors (Lipinski definition) is 1. The highest BCUT2D eigenvalue weighted by Gasteiger charge is 2.36. The second-order valence-corrected chi connectivity index (χ2v) is 5.80. The van der Waals surface area contributed by atoms with Crippen molar-refractivity contribution in [3.8, 4) is 11.5 Å². The van der Waals surface area contributed by atoms with Crippen molar-refractivity contribution < 1.29 is 28.3 Å². The van der Waals surface area contributed by atoms with Crippen LogP contribution in [0.25, 0.3) is 6.08 Å². The zero-order valence-electron chi connectivity index (χ0n) is 15.1. The van der Waals surface area contributed by atoms with E-state index in [4.69, 9.17) is 13.9 Å². The normalized spacial score (nSPS) is 15.9. The van der Waals surface area contributed by atoms with Crippen molar-refractivity contribution in [3.63, 3.8) is 0 Å². The molecule has 1 aromatic heterocycles. The molecule has 1 N–H and O–H groups in total. The van der Waals surface area contributed by atoms with Gasteiger partial charge in [0.25, 0.3) is 11.8 Å². The van der Waals surface area contributed by atoms with Crippen LogP contribution in [0.2, 0.25) is 0 Å². The maximum absolute atomic E-state index is 12.8. The molecule has 1 fully saturated rings. The Hall–Kier alpha value is -3.55. The molecule has 1 saturated heterocycles. The molecule has 2 aromatic rings.